The lowest BCUT2D eigenvalue weighted by atomic mass is 9.77. The fourth-order valence-corrected chi connectivity index (χ4v) is 2.43. The number of hydrogen-bond donors (Lipinski definition) is 1. The van der Waals surface area contributed by atoms with Gasteiger partial charge in [-0.15, -0.1) is 0 Å². The highest BCUT2D eigenvalue weighted by molar-refractivity contribution is 5.97. The molecule has 6 heteroatoms. The summed E-state index contributed by atoms with van der Waals surface area (Å²) in [6.45, 7) is 0.0264. The normalized spacial score (nSPS) is 15.8. The molecule has 0 saturated heterocycles. The zero-order chi connectivity index (χ0) is 14.8. The van der Waals surface area contributed by atoms with Crippen LogP contribution in [0, 0.1) is 0 Å². The van der Waals surface area contributed by atoms with Crippen molar-refractivity contribution in [2.75, 3.05) is 12.4 Å². The van der Waals surface area contributed by atoms with Crippen LogP contribution in [0.1, 0.15) is 17.0 Å². The van der Waals surface area contributed by atoms with Crippen molar-refractivity contribution in [2.45, 2.75) is 18.9 Å². The summed E-state index contributed by atoms with van der Waals surface area (Å²) >= 11 is 0. The number of carbonyl (C=O) groups excluding carboxylic acids is 2. The molecule has 0 radical (unpaired) electrons. The molecule has 1 atom stereocenters. The topological polar surface area (TPSA) is 73.2 Å². The molecule has 0 fully saturated rings. The number of benzene rings is 1. The van der Waals surface area contributed by atoms with Gasteiger partial charge in [-0.05, 0) is 17.5 Å². The van der Waals surface area contributed by atoms with Gasteiger partial charge in [-0.1, -0.05) is 24.3 Å². The van der Waals surface area contributed by atoms with Crippen molar-refractivity contribution < 1.29 is 14.3 Å². The van der Waals surface area contributed by atoms with Crippen LogP contribution < -0.4 is 5.32 Å². The summed E-state index contributed by atoms with van der Waals surface area (Å²) in [5.41, 5.74) is 2.88. The zero-order valence-electron chi connectivity index (χ0n) is 11.6. The highest BCUT2D eigenvalue weighted by atomic mass is 16.5. The largest absolute Gasteiger partial charge is 0.468 e. The number of ether oxygens (including phenoxy) is 1. The number of nitrogens with zero attached hydrogens (tertiary/aromatic N) is 2. The SMILES string of the molecule is COC(=O)Cn1cc(NC(=O)C2Cc3ccccc32)cn1. The van der Waals surface area contributed by atoms with Crippen LogP contribution >= 0.6 is 0 Å². The Morgan fingerprint density at radius 3 is 3.00 bits per heavy atom. The first-order valence-electron chi connectivity index (χ1n) is 6.65. The minimum atomic E-state index is -0.385. The maximum Gasteiger partial charge on any atom is 0.327 e. The smallest absolute Gasteiger partial charge is 0.327 e. The van der Waals surface area contributed by atoms with Gasteiger partial charge in [0.1, 0.15) is 6.54 Å². The fraction of sp³-hybridized carbons (Fsp3) is 0.267. The molecule has 6 nitrogen and oxygen atoms in total. The van der Waals surface area contributed by atoms with Gasteiger partial charge in [0.2, 0.25) is 5.91 Å². The van der Waals surface area contributed by atoms with E-state index in [9.17, 15) is 9.59 Å². The number of carbonyl (C=O) groups is 2. The quantitative estimate of drug-likeness (QED) is 0.860. The molecule has 1 aliphatic rings. The second-order valence-corrected chi connectivity index (χ2v) is 4.95. The van der Waals surface area contributed by atoms with Crippen LogP contribution in [0.5, 0.6) is 0 Å². The lowest BCUT2D eigenvalue weighted by molar-refractivity contribution is -0.141. The van der Waals surface area contributed by atoms with Crippen LogP contribution in [-0.4, -0.2) is 28.8 Å². The molecule has 21 heavy (non-hydrogen) atoms. The van der Waals surface area contributed by atoms with Gasteiger partial charge in [0.15, 0.2) is 0 Å². The highest BCUT2D eigenvalue weighted by Gasteiger charge is 2.31. The molecule has 0 saturated carbocycles. The first kappa shape index (κ1) is 13.4. The standard InChI is InChI=1S/C15H15N3O3/c1-21-14(19)9-18-8-11(7-16-18)17-15(20)13-6-10-4-2-3-5-12(10)13/h2-5,7-8,13H,6,9H2,1H3,(H,17,20). The maximum absolute atomic E-state index is 12.2. The van der Waals surface area contributed by atoms with E-state index in [0.717, 1.165) is 12.0 Å². The molecule has 3 rings (SSSR count). The summed E-state index contributed by atoms with van der Waals surface area (Å²) in [6.07, 6.45) is 3.89. The number of rotatable bonds is 4. The Balaban J connectivity index is 1.63. The van der Waals surface area contributed by atoms with E-state index < -0.39 is 0 Å². The van der Waals surface area contributed by atoms with E-state index in [-0.39, 0.29) is 24.3 Å². The summed E-state index contributed by atoms with van der Waals surface area (Å²) in [5, 5.41) is 6.83. The number of amides is 1. The Kier molecular flexibility index (Phi) is 3.43. The van der Waals surface area contributed by atoms with Crippen molar-refractivity contribution in [3.05, 3.63) is 47.8 Å². The lowest BCUT2D eigenvalue weighted by Crippen LogP contribution is -2.29. The predicted molar refractivity (Wildman–Crippen MR) is 75.8 cm³/mol. The van der Waals surface area contributed by atoms with Gasteiger partial charge in [-0.3, -0.25) is 14.3 Å². The summed E-state index contributed by atoms with van der Waals surface area (Å²) in [7, 11) is 1.32. The van der Waals surface area contributed by atoms with E-state index in [2.05, 4.69) is 15.2 Å². The number of methoxy groups -OCH3 is 1. The van der Waals surface area contributed by atoms with Gasteiger partial charge in [-0.2, -0.15) is 5.10 Å². The van der Waals surface area contributed by atoms with Crippen LogP contribution in [0.4, 0.5) is 5.69 Å². The molecule has 0 bridgehead atoms. The molecular formula is C15H15N3O3. The van der Waals surface area contributed by atoms with Gasteiger partial charge in [-0.25, -0.2) is 0 Å². The minimum Gasteiger partial charge on any atom is -0.468 e. The number of hydrogen-bond acceptors (Lipinski definition) is 4. The van der Waals surface area contributed by atoms with E-state index in [1.165, 1.54) is 23.6 Å². The van der Waals surface area contributed by atoms with Crippen molar-refractivity contribution in [3.8, 4) is 0 Å². The fourth-order valence-electron chi connectivity index (χ4n) is 2.43. The third-order valence-electron chi connectivity index (χ3n) is 3.59. The van der Waals surface area contributed by atoms with Crippen LogP contribution in [-0.2, 0) is 27.3 Å². The number of fused-ring (bicyclic) bond motifs is 1. The van der Waals surface area contributed by atoms with E-state index in [0.29, 0.717) is 5.69 Å². The summed E-state index contributed by atoms with van der Waals surface area (Å²) in [4.78, 5) is 23.3. The van der Waals surface area contributed by atoms with Crippen LogP contribution in [0.25, 0.3) is 0 Å². The third kappa shape index (κ3) is 2.65. The monoisotopic (exact) mass is 285 g/mol. The first-order chi connectivity index (χ1) is 10.2. The average Bonchev–Trinajstić information content (AvgIpc) is 2.87. The average molecular weight is 285 g/mol. The molecule has 0 aliphatic heterocycles. The second-order valence-electron chi connectivity index (χ2n) is 4.95. The van der Waals surface area contributed by atoms with E-state index in [1.54, 1.807) is 6.20 Å². The highest BCUT2D eigenvalue weighted by Crippen LogP contribution is 2.35. The Morgan fingerprint density at radius 2 is 2.24 bits per heavy atom. The molecule has 1 N–H and O–H groups in total. The van der Waals surface area contributed by atoms with Crippen molar-refractivity contribution in [3.63, 3.8) is 0 Å². The number of anilines is 1. The van der Waals surface area contributed by atoms with Gasteiger partial charge in [0.05, 0.1) is 24.9 Å². The molecule has 1 heterocycles. The molecule has 2 aromatic rings. The molecular weight excluding hydrogens is 270 g/mol. The number of aromatic nitrogens is 2. The molecule has 0 spiro atoms. The zero-order valence-corrected chi connectivity index (χ0v) is 11.6. The number of nitrogens with one attached hydrogen (secondary N) is 1. The number of esters is 1. The van der Waals surface area contributed by atoms with Gasteiger partial charge < -0.3 is 10.1 Å². The summed E-state index contributed by atoms with van der Waals surface area (Å²) in [5.74, 6) is -0.541. The Morgan fingerprint density at radius 1 is 1.43 bits per heavy atom. The molecule has 1 aliphatic carbocycles. The Labute approximate surface area is 121 Å². The maximum atomic E-state index is 12.2. The molecule has 1 aromatic heterocycles. The van der Waals surface area contributed by atoms with Gasteiger partial charge >= 0.3 is 5.97 Å². The van der Waals surface area contributed by atoms with Gasteiger partial charge in [0.25, 0.3) is 0 Å². The van der Waals surface area contributed by atoms with E-state index >= 15 is 0 Å². The molecule has 1 aromatic carbocycles. The molecule has 108 valence electrons. The minimum absolute atomic E-state index is 0.0264. The van der Waals surface area contributed by atoms with Crippen LogP contribution in [0.2, 0.25) is 0 Å². The van der Waals surface area contributed by atoms with Crippen LogP contribution in [0.15, 0.2) is 36.7 Å². The van der Waals surface area contributed by atoms with E-state index in [4.69, 9.17) is 0 Å². The third-order valence-corrected chi connectivity index (χ3v) is 3.59. The van der Waals surface area contributed by atoms with Crippen molar-refractivity contribution in [1.82, 2.24) is 9.78 Å². The molecule has 1 amide bonds. The predicted octanol–water partition coefficient (Wildman–Crippen LogP) is 1.33. The Hall–Kier alpha value is -2.63. The van der Waals surface area contributed by atoms with Crippen molar-refractivity contribution in [2.24, 2.45) is 0 Å². The Bertz CT molecular complexity index is 693. The first-order valence-corrected chi connectivity index (χ1v) is 6.65. The second kappa shape index (κ2) is 5.40. The van der Waals surface area contributed by atoms with Crippen LogP contribution in [0.3, 0.4) is 0 Å². The van der Waals surface area contributed by atoms with Crippen molar-refractivity contribution in [1.29, 1.82) is 0 Å². The summed E-state index contributed by atoms with van der Waals surface area (Å²) < 4.78 is 5.99. The lowest BCUT2D eigenvalue weighted by Gasteiger charge is -2.28. The van der Waals surface area contributed by atoms with E-state index in [1.807, 2.05) is 24.3 Å². The van der Waals surface area contributed by atoms with Gasteiger partial charge in [0, 0.05) is 6.20 Å². The summed E-state index contributed by atoms with van der Waals surface area (Å²) in [6, 6.07) is 7.92. The molecule has 1 unspecified atom stereocenters. The van der Waals surface area contributed by atoms with Crippen molar-refractivity contribution >= 4 is 17.6 Å².